The van der Waals surface area contributed by atoms with Gasteiger partial charge in [0.25, 0.3) is 20.1 Å². The van der Waals surface area contributed by atoms with Gasteiger partial charge in [-0.1, -0.05) is 146 Å². The summed E-state index contributed by atoms with van der Waals surface area (Å²) < 4.78 is 0. The van der Waals surface area contributed by atoms with Gasteiger partial charge in [-0.05, 0) is 177 Å². The third-order valence-electron chi connectivity index (χ3n) is 18.7. The lowest BCUT2D eigenvalue weighted by Crippen LogP contribution is -2.60. The van der Waals surface area contributed by atoms with Gasteiger partial charge in [0.05, 0.1) is 0 Å². The summed E-state index contributed by atoms with van der Waals surface area (Å²) in [5.74, 6) is 1.78. The van der Waals surface area contributed by atoms with Crippen molar-refractivity contribution in [1.82, 2.24) is 15.0 Å². The molecule has 0 saturated carbocycles. The highest BCUT2D eigenvalue weighted by Crippen LogP contribution is 2.44. The molecule has 12 heteroatoms. The van der Waals surface area contributed by atoms with Crippen molar-refractivity contribution in [3.05, 3.63) is 273 Å². The van der Waals surface area contributed by atoms with Gasteiger partial charge in [-0.3, -0.25) is 0 Å². The number of hydrogen-bond acceptors (Lipinski definition) is 9. The van der Waals surface area contributed by atoms with Crippen molar-refractivity contribution < 1.29 is 0 Å². The van der Waals surface area contributed by atoms with Crippen LogP contribution in [0.4, 0.5) is 85.3 Å². The third kappa shape index (κ3) is 7.15. The second kappa shape index (κ2) is 18.6. The molecule has 0 spiro atoms. The van der Waals surface area contributed by atoms with Crippen molar-refractivity contribution in [2.45, 2.75) is 0 Å². The molecule has 19 rings (SSSR count). The molecule has 0 amide bonds. The molecule has 9 nitrogen and oxygen atoms in total. The van der Waals surface area contributed by atoms with Gasteiger partial charge < -0.3 is 30.7 Å². The van der Waals surface area contributed by atoms with Gasteiger partial charge in [0.2, 0.25) is 0 Å². The van der Waals surface area contributed by atoms with Crippen molar-refractivity contribution in [3.63, 3.8) is 0 Å². The molecule has 0 radical (unpaired) electrons. The van der Waals surface area contributed by atoms with Crippen LogP contribution in [0.15, 0.2) is 273 Å². The number of aromatic nitrogens is 3. The van der Waals surface area contributed by atoms with Gasteiger partial charge in [0.15, 0.2) is 17.5 Å². The first-order valence-corrected chi connectivity index (χ1v) is 29.9. The van der Waals surface area contributed by atoms with Gasteiger partial charge >= 0.3 is 0 Å². The van der Waals surface area contributed by atoms with Crippen LogP contribution < -0.4 is 79.8 Å². The van der Waals surface area contributed by atoms with Crippen LogP contribution in [-0.4, -0.2) is 35.1 Å². The molecule has 0 unspecified atom stereocenters. The first-order chi connectivity index (χ1) is 43.1. The number of rotatable bonds is 6. The van der Waals surface area contributed by atoms with Crippen molar-refractivity contribution in [1.29, 1.82) is 0 Å². The topological polar surface area (TPSA) is 84.5 Å². The Morgan fingerprint density at radius 3 is 0.816 bits per heavy atom. The fourth-order valence-electron chi connectivity index (χ4n) is 15.0. The molecule has 402 valence electrons. The molecule has 0 aliphatic carbocycles. The van der Waals surface area contributed by atoms with E-state index in [1.54, 1.807) is 0 Å². The maximum absolute atomic E-state index is 5.65. The maximum Gasteiger partial charge on any atom is 0.252 e. The standard InChI is InChI=1S/C75H48B3N9/c1-4-19-49(20-5-1)85-64-40-37-46(43-55(64)76-52-25-10-13-28-58(52)79-61-31-16-34-67(85)70(61)76)73-82-74(47-38-41-65-56(44-47)77-53-26-11-14-29-59(53)80-62-32-17-35-68(71(62)77)86(65)50-21-6-2-7-22-50)84-75(83-73)48-39-42-66-57(45-48)78-54-27-12-15-30-60(54)81-63-33-18-36-69(72(63)78)87(66)51-23-8-3-9-24-51/h1-45,79-81H. The second-order valence-corrected chi connectivity index (χ2v) is 23.3. The van der Waals surface area contributed by atoms with Crippen LogP contribution in [0.3, 0.4) is 0 Å². The smallest absolute Gasteiger partial charge is 0.252 e. The minimum Gasteiger partial charge on any atom is -0.356 e. The van der Waals surface area contributed by atoms with E-state index in [1.165, 1.54) is 49.2 Å². The highest BCUT2D eigenvalue weighted by atomic mass is 15.2. The summed E-state index contributed by atoms with van der Waals surface area (Å²) in [6.45, 7) is -0.189. The monoisotopic (exact) mass is 1110 g/mol. The molecular weight excluding hydrogens is 1060 g/mol. The Hall–Kier alpha value is -11.4. The minimum absolute atomic E-state index is 0.0630. The molecular formula is C75H48B3N9. The summed E-state index contributed by atoms with van der Waals surface area (Å²) in [7, 11) is 0. The summed E-state index contributed by atoms with van der Waals surface area (Å²) in [6.07, 6.45) is 0. The van der Waals surface area contributed by atoms with Gasteiger partial charge in [0, 0.05) is 102 Å². The number of hydrogen-bond donors (Lipinski definition) is 3. The van der Waals surface area contributed by atoms with Crippen molar-refractivity contribution in [2.75, 3.05) is 30.7 Å². The number of fused-ring (bicyclic) bond motifs is 12. The van der Waals surface area contributed by atoms with Crippen LogP contribution >= 0.6 is 0 Å². The molecule has 12 aromatic carbocycles. The number of anilines is 15. The Balaban J connectivity index is 0.848. The lowest BCUT2D eigenvalue weighted by Gasteiger charge is -2.40. The molecule has 6 aliphatic heterocycles. The minimum atomic E-state index is -0.0630. The summed E-state index contributed by atoms with van der Waals surface area (Å²) in [5, 5.41) is 11.5. The largest absolute Gasteiger partial charge is 0.356 e. The molecule has 0 saturated heterocycles. The van der Waals surface area contributed by atoms with Crippen LogP contribution in [0.2, 0.25) is 0 Å². The molecule has 13 aromatic rings. The Morgan fingerprint density at radius 1 is 0.230 bits per heavy atom. The molecule has 0 fully saturated rings. The highest BCUT2D eigenvalue weighted by molar-refractivity contribution is 7.01. The lowest BCUT2D eigenvalue weighted by atomic mass is 9.33. The van der Waals surface area contributed by atoms with Crippen LogP contribution in [0.1, 0.15) is 0 Å². The molecule has 0 bridgehead atoms. The van der Waals surface area contributed by atoms with E-state index in [0.29, 0.717) is 17.5 Å². The van der Waals surface area contributed by atoms with Crippen LogP contribution in [-0.2, 0) is 0 Å². The molecule has 3 N–H and O–H groups in total. The predicted molar refractivity (Wildman–Crippen MR) is 363 cm³/mol. The molecule has 1 aromatic heterocycles. The zero-order chi connectivity index (χ0) is 56.8. The zero-order valence-electron chi connectivity index (χ0n) is 46.9. The normalized spacial score (nSPS) is 13.7. The molecule has 7 heterocycles. The van der Waals surface area contributed by atoms with Gasteiger partial charge in [0.1, 0.15) is 0 Å². The fraction of sp³-hybridized carbons (Fsp3) is 0. The molecule has 87 heavy (non-hydrogen) atoms. The third-order valence-corrected chi connectivity index (χ3v) is 18.7. The van der Waals surface area contributed by atoms with Gasteiger partial charge in [-0.15, -0.1) is 0 Å². The van der Waals surface area contributed by atoms with E-state index in [9.17, 15) is 0 Å². The van der Waals surface area contributed by atoms with E-state index in [-0.39, 0.29) is 20.1 Å². The summed E-state index contributed by atoms with van der Waals surface area (Å²) in [4.78, 5) is 24.2. The van der Waals surface area contributed by atoms with Crippen LogP contribution in [0.25, 0.3) is 34.2 Å². The average molecular weight is 1110 g/mol. The summed E-state index contributed by atoms with van der Waals surface area (Å²) in [6, 6.07) is 98.8. The van der Waals surface area contributed by atoms with Crippen LogP contribution in [0.5, 0.6) is 0 Å². The fourth-order valence-corrected chi connectivity index (χ4v) is 15.0. The van der Waals surface area contributed by atoms with E-state index in [2.05, 4.69) is 304 Å². The van der Waals surface area contributed by atoms with Crippen LogP contribution in [0, 0.1) is 0 Å². The van der Waals surface area contributed by atoms with E-state index in [0.717, 1.165) is 102 Å². The van der Waals surface area contributed by atoms with Gasteiger partial charge in [-0.2, -0.15) is 0 Å². The highest BCUT2D eigenvalue weighted by Gasteiger charge is 2.44. The Bertz CT molecular complexity index is 4530. The number of nitrogens with one attached hydrogen (secondary N) is 3. The van der Waals surface area contributed by atoms with E-state index in [1.807, 2.05) is 0 Å². The van der Waals surface area contributed by atoms with E-state index in [4.69, 9.17) is 15.0 Å². The second-order valence-electron chi connectivity index (χ2n) is 23.3. The van der Waals surface area contributed by atoms with Crippen molar-refractivity contribution >= 4 is 155 Å². The number of benzene rings is 12. The number of nitrogens with zero attached hydrogens (tertiary/aromatic N) is 6. The first-order valence-electron chi connectivity index (χ1n) is 29.9. The Kier molecular flexibility index (Phi) is 10.3. The Labute approximate surface area is 504 Å². The number of para-hydroxylation sites is 6. The summed E-state index contributed by atoms with van der Waals surface area (Å²) in [5.41, 5.74) is 30.4. The lowest BCUT2D eigenvalue weighted by molar-refractivity contribution is 1.07. The quantitative estimate of drug-likeness (QED) is 0.141. The van der Waals surface area contributed by atoms with Crippen molar-refractivity contribution in [3.8, 4) is 34.2 Å². The molecule has 0 atom stereocenters. The SMILES string of the molecule is c1ccc(N2c3ccc(-c4nc(-c5ccc6c(c5)B5c7ccccc7Nc7cccc(c75)N6c5ccccc5)nc(-c5ccc6c(c5)B5c7ccccc7Nc7cccc(c75)N6c5ccccc5)n4)cc3B3c4ccccc4Nc4cccc2c43)cc1. The summed E-state index contributed by atoms with van der Waals surface area (Å²) >= 11 is 0. The average Bonchev–Trinajstić information content (AvgIpc) is 1.36. The Morgan fingerprint density at radius 2 is 0.506 bits per heavy atom. The zero-order valence-corrected chi connectivity index (χ0v) is 46.9. The predicted octanol–water partition coefficient (Wildman–Crippen LogP) is 11.9. The van der Waals surface area contributed by atoms with E-state index < -0.39 is 0 Å². The molecule has 6 aliphatic rings. The maximum atomic E-state index is 5.65. The van der Waals surface area contributed by atoms with Gasteiger partial charge in [-0.25, -0.2) is 15.0 Å². The first kappa shape index (κ1) is 48.1. The van der Waals surface area contributed by atoms with Crippen molar-refractivity contribution in [2.24, 2.45) is 0 Å². The van der Waals surface area contributed by atoms with E-state index >= 15 is 0 Å².